The zero-order valence-corrected chi connectivity index (χ0v) is 13.1. The van der Waals surface area contributed by atoms with Crippen LogP contribution >= 0.6 is 0 Å². The average molecular weight is 290 g/mol. The van der Waals surface area contributed by atoms with E-state index >= 15 is 0 Å². The van der Waals surface area contributed by atoms with Crippen molar-refractivity contribution in [2.75, 3.05) is 20.6 Å². The highest BCUT2D eigenvalue weighted by Gasteiger charge is 2.34. The zero-order chi connectivity index (χ0) is 15.1. The third kappa shape index (κ3) is 4.43. The first-order chi connectivity index (χ1) is 10.1. The van der Waals surface area contributed by atoms with Gasteiger partial charge in [-0.15, -0.1) is 0 Å². The van der Waals surface area contributed by atoms with Gasteiger partial charge in [0.25, 0.3) is 0 Å². The molecule has 2 rings (SSSR count). The number of hydrogen-bond acceptors (Lipinski definition) is 3. The maximum absolute atomic E-state index is 12.0. The molecule has 0 aliphatic heterocycles. The molecular weight excluding hydrogens is 264 g/mol. The minimum absolute atomic E-state index is 0.106. The second-order valence-corrected chi connectivity index (χ2v) is 6.08. The average Bonchev–Trinajstić information content (AvgIpc) is 2.52. The largest absolute Gasteiger partial charge is 0.336 e. The van der Waals surface area contributed by atoms with Crippen LogP contribution in [0, 0.1) is 0 Å². The van der Waals surface area contributed by atoms with E-state index in [2.05, 4.69) is 34.6 Å². The molecule has 1 aliphatic rings. The second-order valence-electron chi connectivity index (χ2n) is 6.08. The molecule has 1 aliphatic carbocycles. The lowest BCUT2D eigenvalue weighted by atomic mass is 9.80. The molecule has 2 N–H and O–H groups in total. The van der Waals surface area contributed by atoms with E-state index in [0.717, 1.165) is 18.4 Å². The molecule has 5 nitrogen and oxygen atoms in total. The minimum atomic E-state index is -0.106. The van der Waals surface area contributed by atoms with Gasteiger partial charge in [-0.05, 0) is 38.6 Å². The van der Waals surface area contributed by atoms with Crippen molar-refractivity contribution in [2.45, 2.75) is 44.2 Å². The van der Waals surface area contributed by atoms with Gasteiger partial charge in [-0.3, -0.25) is 4.98 Å². The van der Waals surface area contributed by atoms with Crippen molar-refractivity contribution in [3.05, 3.63) is 30.1 Å². The first-order valence-electron chi connectivity index (χ1n) is 7.70. The van der Waals surface area contributed by atoms with E-state index in [1.807, 2.05) is 12.1 Å². The quantitative estimate of drug-likeness (QED) is 0.873. The highest BCUT2D eigenvalue weighted by atomic mass is 16.2. The standard InChI is InChI=1S/C16H26N4O/c1-20(2)16(8-4-3-5-9-16)13-19-15(21)18-12-14-7-6-10-17-11-14/h6-7,10-11H,3-5,8-9,12-13H2,1-2H3,(H2,18,19,21). The van der Waals surface area contributed by atoms with Gasteiger partial charge < -0.3 is 15.5 Å². The van der Waals surface area contributed by atoms with Crippen LogP contribution in [0.5, 0.6) is 0 Å². The van der Waals surface area contributed by atoms with Crippen LogP contribution in [0.25, 0.3) is 0 Å². The van der Waals surface area contributed by atoms with Gasteiger partial charge >= 0.3 is 6.03 Å². The third-order valence-electron chi connectivity index (χ3n) is 4.49. The van der Waals surface area contributed by atoms with Crippen molar-refractivity contribution in [1.82, 2.24) is 20.5 Å². The Bertz CT molecular complexity index is 441. The minimum Gasteiger partial charge on any atom is -0.336 e. The molecule has 5 heteroatoms. The molecule has 0 bridgehead atoms. The molecular formula is C16H26N4O. The predicted octanol–water partition coefficient (Wildman–Crippen LogP) is 2.15. The number of amides is 2. The lowest BCUT2D eigenvalue weighted by Crippen LogP contribution is -2.55. The number of likely N-dealkylation sites (N-methyl/N-ethyl adjacent to an activating group) is 1. The number of aromatic nitrogens is 1. The molecule has 1 aromatic rings. The molecule has 0 unspecified atom stereocenters. The molecule has 0 saturated heterocycles. The van der Waals surface area contributed by atoms with Crippen LogP contribution in [0.4, 0.5) is 4.79 Å². The van der Waals surface area contributed by atoms with E-state index in [9.17, 15) is 4.79 Å². The Kier molecular flexibility index (Phi) is 5.56. The molecule has 0 radical (unpaired) electrons. The number of pyridine rings is 1. The number of nitrogens with one attached hydrogen (secondary N) is 2. The molecule has 116 valence electrons. The Balaban J connectivity index is 1.79. The first kappa shape index (κ1) is 15.8. The lowest BCUT2D eigenvalue weighted by molar-refractivity contribution is 0.101. The molecule has 0 atom stereocenters. The summed E-state index contributed by atoms with van der Waals surface area (Å²) >= 11 is 0. The molecule has 1 aromatic heterocycles. The van der Waals surface area contributed by atoms with Gasteiger partial charge in [0.05, 0.1) is 0 Å². The number of hydrogen-bond donors (Lipinski definition) is 2. The summed E-state index contributed by atoms with van der Waals surface area (Å²) in [4.78, 5) is 18.3. The van der Waals surface area contributed by atoms with Gasteiger partial charge in [0.2, 0.25) is 0 Å². The number of rotatable bonds is 5. The number of carbonyl (C=O) groups is 1. The van der Waals surface area contributed by atoms with Crippen molar-refractivity contribution >= 4 is 6.03 Å². The Morgan fingerprint density at radius 2 is 2.05 bits per heavy atom. The molecule has 21 heavy (non-hydrogen) atoms. The lowest BCUT2D eigenvalue weighted by Gasteiger charge is -2.43. The van der Waals surface area contributed by atoms with Crippen molar-refractivity contribution in [1.29, 1.82) is 0 Å². The molecule has 2 amide bonds. The van der Waals surface area contributed by atoms with E-state index < -0.39 is 0 Å². The predicted molar refractivity (Wildman–Crippen MR) is 84.0 cm³/mol. The molecule has 0 spiro atoms. The van der Waals surface area contributed by atoms with Crippen molar-refractivity contribution < 1.29 is 4.79 Å². The maximum atomic E-state index is 12.0. The summed E-state index contributed by atoms with van der Waals surface area (Å²) in [5.74, 6) is 0. The van der Waals surface area contributed by atoms with Crippen molar-refractivity contribution in [2.24, 2.45) is 0 Å². The Labute approximate surface area is 127 Å². The summed E-state index contributed by atoms with van der Waals surface area (Å²) in [5, 5.41) is 5.92. The number of carbonyl (C=O) groups excluding carboxylic acids is 1. The zero-order valence-electron chi connectivity index (χ0n) is 13.1. The van der Waals surface area contributed by atoms with Crippen LogP contribution in [-0.2, 0) is 6.54 Å². The molecule has 1 fully saturated rings. The van der Waals surface area contributed by atoms with E-state index in [1.165, 1.54) is 19.3 Å². The van der Waals surface area contributed by atoms with Gasteiger partial charge in [-0.1, -0.05) is 25.3 Å². The second kappa shape index (κ2) is 7.41. The summed E-state index contributed by atoms with van der Waals surface area (Å²) in [6.45, 7) is 1.22. The van der Waals surface area contributed by atoms with E-state index in [4.69, 9.17) is 0 Å². The fourth-order valence-electron chi connectivity index (χ4n) is 2.98. The normalized spacial score (nSPS) is 17.5. The van der Waals surface area contributed by atoms with Crippen LogP contribution in [-0.4, -0.2) is 42.1 Å². The van der Waals surface area contributed by atoms with Crippen LogP contribution in [0.1, 0.15) is 37.7 Å². The van der Waals surface area contributed by atoms with Gasteiger partial charge in [0, 0.05) is 31.0 Å². The summed E-state index contributed by atoms with van der Waals surface area (Å²) in [6.07, 6.45) is 9.61. The Morgan fingerprint density at radius 1 is 1.29 bits per heavy atom. The van der Waals surface area contributed by atoms with Crippen LogP contribution in [0.15, 0.2) is 24.5 Å². The summed E-state index contributed by atoms with van der Waals surface area (Å²) < 4.78 is 0. The van der Waals surface area contributed by atoms with Gasteiger partial charge in [0.15, 0.2) is 0 Å². The Hall–Kier alpha value is -1.62. The van der Waals surface area contributed by atoms with Crippen LogP contribution in [0.3, 0.4) is 0 Å². The van der Waals surface area contributed by atoms with E-state index in [0.29, 0.717) is 13.1 Å². The first-order valence-corrected chi connectivity index (χ1v) is 7.70. The van der Waals surface area contributed by atoms with Crippen molar-refractivity contribution in [3.63, 3.8) is 0 Å². The number of nitrogens with zero attached hydrogens (tertiary/aromatic N) is 2. The van der Waals surface area contributed by atoms with Crippen LogP contribution < -0.4 is 10.6 Å². The molecule has 0 aromatic carbocycles. The SMILES string of the molecule is CN(C)C1(CNC(=O)NCc2cccnc2)CCCCC1. The fourth-order valence-corrected chi connectivity index (χ4v) is 2.98. The van der Waals surface area contributed by atoms with E-state index in [-0.39, 0.29) is 11.6 Å². The summed E-state index contributed by atoms with van der Waals surface area (Å²) in [6, 6.07) is 3.72. The summed E-state index contributed by atoms with van der Waals surface area (Å²) in [5.41, 5.74) is 1.12. The fraction of sp³-hybridized carbons (Fsp3) is 0.625. The third-order valence-corrected chi connectivity index (χ3v) is 4.49. The smallest absolute Gasteiger partial charge is 0.315 e. The van der Waals surface area contributed by atoms with E-state index in [1.54, 1.807) is 12.4 Å². The Morgan fingerprint density at radius 3 is 2.67 bits per heavy atom. The highest BCUT2D eigenvalue weighted by molar-refractivity contribution is 5.73. The van der Waals surface area contributed by atoms with Gasteiger partial charge in [-0.2, -0.15) is 0 Å². The van der Waals surface area contributed by atoms with Crippen LogP contribution in [0.2, 0.25) is 0 Å². The van der Waals surface area contributed by atoms with Gasteiger partial charge in [-0.25, -0.2) is 4.79 Å². The molecule has 1 saturated carbocycles. The molecule has 1 heterocycles. The maximum Gasteiger partial charge on any atom is 0.315 e. The van der Waals surface area contributed by atoms with Crippen molar-refractivity contribution in [3.8, 4) is 0 Å². The summed E-state index contributed by atoms with van der Waals surface area (Å²) in [7, 11) is 4.22. The number of urea groups is 1. The highest BCUT2D eigenvalue weighted by Crippen LogP contribution is 2.31. The monoisotopic (exact) mass is 290 g/mol. The van der Waals surface area contributed by atoms with Gasteiger partial charge in [0.1, 0.15) is 0 Å². The topological polar surface area (TPSA) is 57.3 Å².